The molecule has 3 amide bonds. The molecule has 35 heteroatoms. The molecule has 2 aliphatic carbocycles. The Labute approximate surface area is 867 Å². The summed E-state index contributed by atoms with van der Waals surface area (Å²) < 4.78 is 68.9. The number of anilines is 1. The lowest BCUT2D eigenvalue weighted by atomic mass is 10.1. The summed E-state index contributed by atoms with van der Waals surface area (Å²) >= 11 is 11.8. The molecular formula is C110H139BCl2N13O17S2. The number of esters is 3. The van der Waals surface area contributed by atoms with Crippen LogP contribution in [-0.4, -0.2) is 210 Å². The number of carbonyl (C=O) groups is 6. The summed E-state index contributed by atoms with van der Waals surface area (Å²) in [6, 6.07) is 70.3. The zero-order valence-electron chi connectivity index (χ0n) is 79.7. The summed E-state index contributed by atoms with van der Waals surface area (Å²) in [5, 5.41) is 35.3. The number of ether oxygens (including phenoxy) is 3. The number of rotatable bonds is 28. The minimum Gasteiger partial charge on any atom is -0.465 e. The lowest BCUT2D eigenvalue weighted by Gasteiger charge is -2.29. The zero-order valence-corrected chi connectivity index (χ0v) is 82.9. The molecule has 6 fully saturated rings. The fourth-order valence-electron chi connectivity index (χ4n) is 16.5. The van der Waals surface area contributed by atoms with Crippen LogP contribution in [0.5, 0.6) is 0 Å². The minimum absolute atomic E-state index is 0. The first-order valence-corrected chi connectivity index (χ1v) is 50.3. The summed E-state index contributed by atoms with van der Waals surface area (Å²) in [6.07, 6.45) is 18.3. The van der Waals surface area contributed by atoms with Crippen LogP contribution < -0.4 is 27.4 Å². The number of halogens is 2. The molecule has 4 saturated heterocycles. The number of carbonyl (C=O) groups excluding carboxylic acids is 6. The van der Waals surface area contributed by atoms with Crippen LogP contribution in [0.2, 0.25) is 10.0 Å². The summed E-state index contributed by atoms with van der Waals surface area (Å²) in [4.78, 5) is 105. The highest BCUT2D eigenvalue weighted by atomic mass is 35.5. The van der Waals surface area contributed by atoms with Crippen molar-refractivity contribution in [2.75, 3.05) is 79.4 Å². The predicted molar refractivity (Wildman–Crippen MR) is 582 cm³/mol. The first-order valence-electron chi connectivity index (χ1n) is 46.5. The van der Waals surface area contributed by atoms with Crippen molar-refractivity contribution in [1.29, 1.82) is 0 Å². The molecule has 4 heterocycles. The molecule has 10 aromatic carbocycles. The van der Waals surface area contributed by atoms with Gasteiger partial charge in [0, 0.05) is 185 Å². The standard InChI is InChI=1S/C27H26ClN3O5S.C27H28ClN3O3S.C20H21N3O5.C14H19NO2.C14H17NO2.C4H10N2.4CH4.B.H2/c1-20-2-4-22(5-3-20)18-30(27(32)23-8-12-25(13-9-23)31(33)34)26-14-16-29(19-26)37(35,36)17-15-21-6-10-24(28)11-7-21;1-20-2-4-22(5-3-20)18-31(27(32)23-8-12-25(29)13-9-23)26-14-16-30(19-26)35(33,34)17-15-21-6-10-24(28)11-7-21;1-28-20(25)16-4-2-14(3-5-16)13-22(18-10-11-21-12-18)19(24)15-6-8-17(9-7-15)23(26)27;2*1-17-14(16)12-8-6-11(7-9-12)10-15-13-4-2-3-5-13;5-4-1-2-6-3-4;;;;;;/h2-13,15,17,26H,14,16,18-19H2,1H3;2-13,15,17,26H,14,16,18-19,29H2,1H3;2-9,18,21H,10-13H2,1H3;6-9,13,15H,2-5,10H2,1H3;6-10,13H,2-5H2,1H3;4,6H,1-3,5H2;4*1H4;;1H/b2*17-15+;;;;;;;;;;/i;;;;;;;;;;;1+1. The van der Waals surface area contributed by atoms with E-state index in [1.807, 2.05) is 105 Å². The molecule has 0 aromatic heterocycles. The highest BCUT2D eigenvalue weighted by molar-refractivity contribution is 7.92. The number of amides is 3. The van der Waals surface area contributed by atoms with Crippen LogP contribution in [0.3, 0.4) is 0 Å². The predicted octanol–water partition coefficient (Wildman–Crippen LogP) is 19.7. The summed E-state index contributed by atoms with van der Waals surface area (Å²) in [6.45, 7) is 10.6. The van der Waals surface area contributed by atoms with Gasteiger partial charge in [-0.05, 0) is 239 Å². The molecule has 2 saturated carbocycles. The van der Waals surface area contributed by atoms with Gasteiger partial charge in [-0.2, -0.15) is 8.61 Å². The highest BCUT2D eigenvalue weighted by Gasteiger charge is 2.39. The molecule has 4 aliphatic heterocycles. The van der Waals surface area contributed by atoms with Crippen molar-refractivity contribution in [1.82, 2.24) is 39.3 Å². The molecule has 145 heavy (non-hydrogen) atoms. The van der Waals surface area contributed by atoms with Gasteiger partial charge in [0.2, 0.25) is 20.0 Å². The van der Waals surface area contributed by atoms with Crippen molar-refractivity contribution in [3.8, 4) is 0 Å². The number of aliphatic imine (C=N–C) groups is 1. The van der Waals surface area contributed by atoms with Crippen molar-refractivity contribution in [3.63, 3.8) is 0 Å². The number of nitro groups is 2. The molecule has 6 aliphatic rings. The zero-order chi connectivity index (χ0) is 100. The van der Waals surface area contributed by atoms with E-state index in [0.717, 1.165) is 78.0 Å². The Morgan fingerprint density at radius 1 is 0.448 bits per heavy atom. The third-order valence-electron chi connectivity index (χ3n) is 24.7. The van der Waals surface area contributed by atoms with E-state index < -0.39 is 35.9 Å². The van der Waals surface area contributed by atoms with Gasteiger partial charge < -0.3 is 56.3 Å². The quantitative estimate of drug-likeness (QED) is 0.00578. The van der Waals surface area contributed by atoms with Crippen molar-refractivity contribution < 1.29 is 71.1 Å². The number of nitrogens with one attached hydrogen (secondary N) is 3. The highest BCUT2D eigenvalue weighted by Crippen LogP contribution is 2.31. The van der Waals surface area contributed by atoms with Crippen molar-refractivity contribution in [2.45, 2.75) is 183 Å². The number of sulfonamides is 2. The first-order chi connectivity index (χ1) is 67.3. The lowest BCUT2D eigenvalue weighted by Crippen LogP contribution is -2.42. The molecular weight excluding hydrogens is 1920 g/mol. The number of hydrogen-bond donors (Lipinski definition) is 5. The molecule has 0 spiro atoms. The first kappa shape index (κ1) is 121. The van der Waals surface area contributed by atoms with Gasteiger partial charge in [0.05, 0.1) is 47.9 Å². The monoisotopic (exact) mass is 2060 g/mol. The molecule has 775 valence electrons. The van der Waals surface area contributed by atoms with Crippen molar-refractivity contribution >= 4 is 123 Å². The van der Waals surface area contributed by atoms with Crippen LogP contribution in [0.15, 0.2) is 258 Å². The molecule has 0 bridgehead atoms. The van der Waals surface area contributed by atoms with Gasteiger partial charge in [0.25, 0.3) is 29.1 Å². The van der Waals surface area contributed by atoms with Crippen LogP contribution in [-0.2, 0) is 60.4 Å². The molecule has 3 radical (unpaired) electrons. The summed E-state index contributed by atoms with van der Waals surface area (Å²) in [7, 11) is -3.24. The third-order valence-corrected chi connectivity index (χ3v) is 28.3. The van der Waals surface area contributed by atoms with Gasteiger partial charge in [-0.15, -0.1) is 0 Å². The number of nitrogens with two attached hydrogens (primary N) is 2. The largest absolute Gasteiger partial charge is 0.465 e. The van der Waals surface area contributed by atoms with Gasteiger partial charge in [0.15, 0.2) is 0 Å². The maximum absolute atomic E-state index is 13.5. The second-order valence-corrected chi connectivity index (χ2v) is 39.4. The summed E-state index contributed by atoms with van der Waals surface area (Å²) in [5.74, 6) is -1.63. The third kappa shape index (κ3) is 37.6. The van der Waals surface area contributed by atoms with Crippen LogP contribution >= 0.6 is 23.2 Å². The number of nitrogen functional groups attached to an aromatic ring is 1. The van der Waals surface area contributed by atoms with Crippen LogP contribution in [0.1, 0.15) is 220 Å². The topological polar surface area (TPSA) is 401 Å². The normalized spacial score (nSPS) is 16.4. The Hall–Kier alpha value is -12.9. The average molecular weight is 2060 g/mol. The van der Waals surface area contributed by atoms with Crippen molar-refractivity contribution in [3.05, 3.63) is 367 Å². The van der Waals surface area contributed by atoms with Gasteiger partial charge in [-0.3, -0.25) is 39.6 Å². The molecule has 30 nitrogen and oxygen atoms in total. The fraction of sp³-hybridized carbons (Fsp3) is 0.355. The molecule has 4 unspecified atom stereocenters. The number of aryl methyl sites for hydroxylation is 2. The van der Waals surface area contributed by atoms with E-state index in [1.165, 1.54) is 152 Å². The average Bonchev–Trinajstić information content (AvgIpc) is 1.64. The number of methoxy groups -OCH3 is 3. The molecule has 7 N–H and O–H groups in total. The second-order valence-electron chi connectivity index (χ2n) is 34.9. The smallest absolute Gasteiger partial charge is 0.337 e. The van der Waals surface area contributed by atoms with E-state index in [9.17, 15) is 65.8 Å². The number of hydrogen-bond acceptors (Lipinski definition) is 23. The van der Waals surface area contributed by atoms with Gasteiger partial charge in [-0.1, -0.05) is 199 Å². The number of non-ortho nitro benzene ring substituents is 2. The fourth-order valence-corrected chi connectivity index (χ4v) is 19.2. The second kappa shape index (κ2) is 60.1. The van der Waals surface area contributed by atoms with Crippen LogP contribution in [0.4, 0.5) is 17.1 Å². The van der Waals surface area contributed by atoms with Crippen molar-refractivity contribution in [2.24, 2.45) is 10.7 Å². The Morgan fingerprint density at radius 2 is 0.779 bits per heavy atom. The van der Waals surface area contributed by atoms with E-state index in [1.54, 1.807) is 130 Å². The van der Waals surface area contributed by atoms with Gasteiger partial charge >= 0.3 is 17.9 Å². The number of nitro benzene ring substituents is 2. The Kier molecular flexibility index (Phi) is 50.1. The number of nitrogens with zero attached hydrogens (tertiary/aromatic N) is 8. The van der Waals surface area contributed by atoms with E-state index >= 15 is 0 Å². The van der Waals surface area contributed by atoms with E-state index in [2.05, 4.69) is 30.4 Å². The van der Waals surface area contributed by atoms with Crippen LogP contribution in [0.25, 0.3) is 12.2 Å². The molecule has 4 atom stereocenters. The van der Waals surface area contributed by atoms with Crippen LogP contribution in [0, 0.1) is 34.1 Å². The Balaban J connectivity index is 0.000000321. The Morgan fingerprint density at radius 3 is 1.12 bits per heavy atom. The maximum Gasteiger partial charge on any atom is 0.337 e. The Bertz CT molecular complexity index is 6110. The minimum atomic E-state index is -3.71. The number of benzene rings is 10. The van der Waals surface area contributed by atoms with E-state index in [4.69, 9.17) is 39.4 Å². The maximum atomic E-state index is 13.5. The molecule has 16 rings (SSSR count). The molecule has 10 aromatic rings. The van der Waals surface area contributed by atoms with Gasteiger partial charge in [0.1, 0.15) is 0 Å². The van der Waals surface area contributed by atoms with Gasteiger partial charge in [-0.25, -0.2) is 31.2 Å². The van der Waals surface area contributed by atoms with E-state index in [0.29, 0.717) is 112 Å². The van der Waals surface area contributed by atoms with E-state index in [-0.39, 0.29) is 125 Å². The SMILES string of the molecule is C.C.C.C.COC(=O)c1ccc(C=NC2CCCC2)cc1.COC(=O)c1ccc(CN(C(=O)c2ccc([N+](=O)[O-])cc2)C2CCNC2)cc1.COC(=O)c1ccc(CNC2CCCC2)cc1.Cc1ccc(CN(C(=O)c2ccc(N)cc2)C2CCN(S(=O)(=O)/C=C/c3ccc(Cl)cc3)C2)cc1.Cc1ccc(CN(C(=O)c2ccc([N+](=O)[O-])cc2)C2CCN(S(=O)(=O)/C=C/c3ccc(Cl)cc3)C2)cc1.NC1CCNC1.[2HH].[B]. The summed E-state index contributed by atoms with van der Waals surface area (Å²) in [5.41, 5.74) is 23.3. The lowest BCUT2D eigenvalue weighted by molar-refractivity contribution is -0.385.